The highest BCUT2D eigenvalue weighted by Gasteiger charge is 2.69. The fourth-order valence-corrected chi connectivity index (χ4v) is 6.95. The van der Waals surface area contributed by atoms with Gasteiger partial charge in [-0.15, -0.1) is 0 Å². The van der Waals surface area contributed by atoms with Crippen LogP contribution in [0.3, 0.4) is 0 Å². The molecular formula is C20H28O3. The van der Waals surface area contributed by atoms with Crippen LogP contribution in [0.25, 0.3) is 0 Å². The van der Waals surface area contributed by atoms with Gasteiger partial charge in [-0.25, -0.2) is 0 Å². The highest BCUT2D eigenvalue weighted by Crippen LogP contribution is 2.71. The Morgan fingerprint density at radius 3 is 2.43 bits per heavy atom. The van der Waals surface area contributed by atoms with Gasteiger partial charge in [-0.05, 0) is 54.9 Å². The minimum atomic E-state index is -1.00. The van der Waals surface area contributed by atoms with Crippen LogP contribution in [-0.2, 0) is 9.59 Å². The first-order valence-corrected chi connectivity index (χ1v) is 9.04. The number of ketones is 2. The number of hydrogen-bond acceptors (Lipinski definition) is 3. The van der Waals surface area contributed by atoms with E-state index in [9.17, 15) is 14.7 Å². The molecule has 0 heterocycles. The molecule has 5 aliphatic carbocycles. The van der Waals surface area contributed by atoms with Crippen LogP contribution in [0.1, 0.15) is 65.7 Å². The van der Waals surface area contributed by atoms with Crippen molar-refractivity contribution in [3.05, 3.63) is 12.2 Å². The maximum absolute atomic E-state index is 12.9. The second-order valence-corrected chi connectivity index (χ2v) is 9.57. The van der Waals surface area contributed by atoms with Crippen molar-refractivity contribution in [2.24, 2.45) is 28.1 Å². The van der Waals surface area contributed by atoms with E-state index in [4.69, 9.17) is 0 Å². The normalized spacial score (nSPS) is 51.4. The zero-order valence-corrected chi connectivity index (χ0v) is 14.6. The van der Waals surface area contributed by atoms with Crippen LogP contribution in [0, 0.1) is 28.1 Å². The van der Waals surface area contributed by atoms with Gasteiger partial charge in [-0.2, -0.15) is 0 Å². The molecule has 5 saturated carbocycles. The Morgan fingerprint density at radius 1 is 1.04 bits per heavy atom. The molecule has 5 aliphatic rings. The van der Waals surface area contributed by atoms with Gasteiger partial charge < -0.3 is 5.11 Å². The third-order valence-corrected chi connectivity index (χ3v) is 8.36. The molecule has 3 heteroatoms. The Hall–Kier alpha value is -0.960. The van der Waals surface area contributed by atoms with Crippen molar-refractivity contribution < 1.29 is 14.7 Å². The van der Waals surface area contributed by atoms with Gasteiger partial charge in [-0.1, -0.05) is 27.4 Å². The van der Waals surface area contributed by atoms with Crippen LogP contribution in [0.4, 0.5) is 0 Å². The summed E-state index contributed by atoms with van der Waals surface area (Å²) in [5.74, 6) is 1.12. The number of carbonyl (C=O) groups is 2. The van der Waals surface area contributed by atoms with Crippen molar-refractivity contribution in [1.29, 1.82) is 0 Å². The first-order chi connectivity index (χ1) is 10.6. The van der Waals surface area contributed by atoms with E-state index < -0.39 is 5.60 Å². The van der Waals surface area contributed by atoms with Crippen molar-refractivity contribution in [2.75, 3.05) is 0 Å². The molecule has 1 N–H and O–H groups in total. The predicted molar refractivity (Wildman–Crippen MR) is 87.7 cm³/mol. The summed E-state index contributed by atoms with van der Waals surface area (Å²) < 4.78 is 0. The van der Waals surface area contributed by atoms with Crippen LogP contribution in [0.2, 0.25) is 0 Å². The molecule has 23 heavy (non-hydrogen) atoms. The molecule has 0 amide bonds. The number of hydrogen-bond donors (Lipinski definition) is 1. The fraction of sp³-hybridized carbons (Fsp3) is 0.800. The van der Waals surface area contributed by atoms with Crippen LogP contribution >= 0.6 is 0 Å². The predicted octanol–water partition coefficient (Wildman–Crippen LogP) is 3.45. The lowest BCUT2D eigenvalue weighted by Gasteiger charge is -2.67. The lowest BCUT2D eigenvalue weighted by Crippen LogP contribution is -2.67. The van der Waals surface area contributed by atoms with Crippen molar-refractivity contribution in [3.63, 3.8) is 0 Å². The topological polar surface area (TPSA) is 54.4 Å². The standard InChI is InChI=1S/C20H28O3/c1-12-9-19-8-5-13-17(2,3)15(21)6-7-18(13,4)14(19)10-20(12,23)11-16(19)22/h13-14,23H,1,5-11H2,2-4H3. The van der Waals surface area contributed by atoms with Crippen LogP contribution in [-0.4, -0.2) is 22.3 Å². The van der Waals surface area contributed by atoms with Gasteiger partial charge in [0.1, 0.15) is 11.6 Å². The summed E-state index contributed by atoms with van der Waals surface area (Å²) in [6, 6.07) is 0. The molecule has 0 aromatic carbocycles. The molecular weight excluding hydrogens is 288 g/mol. The minimum absolute atomic E-state index is 0.0274. The molecule has 0 aliphatic heterocycles. The van der Waals surface area contributed by atoms with E-state index in [2.05, 4.69) is 27.4 Å². The molecule has 0 radical (unpaired) electrons. The lowest BCUT2D eigenvalue weighted by molar-refractivity contribution is -0.199. The Labute approximate surface area is 138 Å². The first-order valence-electron chi connectivity index (χ1n) is 9.04. The van der Waals surface area contributed by atoms with Gasteiger partial charge >= 0.3 is 0 Å². The van der Waals surface area contributed by atoms with E-state index in [0.717, 1.165) is 24.8 Å². The maximum atomic E-state index is 12.9. The van der Waals surface area contributed by atoms with Gasteiger partial charge in [-0.3, -0.25) is 9.59 Å². The summed E-state index contributed by atoms with van der Waals surface area (Å²) >= 11 is 0. The average Bonchev–Trinajstić information content (AvgIpc) is 2.45. The van der Waals surface area contributed by atoms with E-state index in [-0.39, 0.29) is 34.4 Å². The van der Waals surface area contributed by atoms with Crippen molar-refractivity contribution in [1.82, 2.24) is 0 Å². The Morgan fingerprint density at radius 2 is 1.74 bits per heavy atom. The largest absolute Gasteiger partial charge is 0.385 e. The second-order valence-electron chi connectivity index (χ2n) is 9.57. The molecule has 126 valence electrons. The number of carbonyl (C=O) groups excluding carboxylic acids is 2. The van der Waals surface area contributed by atoms with E-state index >= 15 is 0 Å². The monoisotopic (exact) mass is 316 g/mol. The summed E-state index contributed by atoms with van der Waals surface area (Å²) in [5, 5.41) is 11.0. The molecule has 5 fully saturated rings. The van der Waals surface area contributed by atoms with E-state index in [1.54, 1.807) is 0 Å². The highest BCUT2D eigenvalue weighted by atomic mass is 16.3. The summed E-state index contributed by atoms with van der Waals surface area (Å²) in [6.07, 6.45) is 4.86. The van der Waals surface area contributed by atoms with Crippen molar-refractivity contribution >= 4 is 11.6 Å². The average molecular weight is 316 g/mol. The maximum Gasteiger partial charge on any atom is 0.142 e. The van der Waals surface area contributed by atoms with Crippen LogP contribution in [0.5, 0.6) is 0 Å². The molecule has 0 saturated heterocycles. The number of aliphatic hydroxyl groups is 1. The van der Waals surface area contributed by atoms with E-state index in [1.807, 2.05) is 0 Å². The van der Waals surface area contributed by atoms with E-state index in [1.165, 1.54) is 0 Å². The molecule has 5 atom stereocenters. The molecule has 0 aromatic heterocycles. The van der Waals surface area contributed by atoms with Crippen LogP contribution in [0.15, 0.2) is 12.2 Å². The quantitative estimate of drug-likeness (QED) is 0.696. The van der Waals surface area contributed by atoms with E-state index in [0.29, 0.717) is 31.0 Å². The summed E-state index contributed by atoms with van der Waals surface area (Å²) in [5.41, 5.74) is -0.793. The van der Waals surface area contributed by atoms with Gasteiger partial charge in [0.25, 0.3) is 0 Å². The molecule has 0 aromatic rings. The Balaban J connectivity index is 1.83. The third kappa shape index (κ3) is 1.65. The van der Waals surface area contributed by atoms with Gasteiger partial charge in [0.05, 0.1) is 5.60 Å². The third-order valence-electron chi connectivity index (χ3n) is 8.36. The molecule has 2 bridgehead atoms. The second kappa shape index (κ2) is 4.17. The Kier molecular flexibility index (Phi) is 2.82. The van der Waals surface area contributed by atoms with Gasteiger partial charge in [0.15, 0.2) is 0 Å². The zero-order chi connectivity index (χ0) is 16.8. The minimum Gasteiger partial charge on any atom is -0.385 e. The highest BCUT2D eigenvalue weighted by molar-refractivity contribution is 5.91. The molecule has 1 spiro atoms. The van der Waals surface area contributed by atoms with Crippen molar-refractivity contribution in [2.45, 2.75) is 71.3 Å². The Bertz CT molecular complexity index is 633. The molecule has 5 rings (SSSR count). The van der Waals surface area contributed by atoms with Crippen molar-refractivity contribution in [3.8, 4) is 0 Å². The fourth-order valence-electron chi connectivity index (χ4n) is 6.95. The smallest absolute Gasteiger partial charge is 0.142 e. The van der Waals surface area contributed by atoms with Crippen LogP contribution < -0.4 is 0 Å². The lowest BCUT2D eigenvalue weighted by atomic mass is 9.36. The zero-order valence-electron chi connectivity index (χ0n) is 14.6. The summed E-state index contributed by atoms with van der Waals surface area (Å²) in [4.78, 5) is 25.4. The summed E-state index contributed by atoms with van der Waals surface area (Å²) in [6.45, 7) is 10.6. The SMILES string of the molecule is C=C1CC23CCC4C(C)(C)C(=O)CCC4(C)C2CC1(O)CC3=O. The first kappa shape index (κ1) is 15.6. The number of Topliss-reactive ketones (excluding diaryl/α,β-unsaturated/α-hetero) is 2. The number of rotatable bonds is 0. The van der Waals surface area contributed by atoms with Gasteiger partial charge in [0.2, 0.25) is 0 Å². The number of fused-ring (bicyclic) bond motifs is 3. The summed E-state index contributed by atoms with van der Waals surface area (Å²) in [7, 11) is 0. The molecule has 3 nitrogen and oxygen atoms in total. The molecule has 5 unspecified atom stereocenters. The van der Waals surface area contributed by atoms with Gasteiger partial charge in [0, 0.05) is 23.7 Å².